The zero-order valence-electron chi connectivity index (χ0n) is 7.45. The monoisotopic (exact) mass is 170 g/mol. The summed E-state index contributed by atoms with van der Waals surface area (Å²) in [5.74, 6) is 0. The molecule has 0 aliphatic carbocycles. The highest BCUT2D eigenvalue weighted by molar-refractivity contribution is 4.97. The van der Waals surface area contributed by atoms with Crippen LogP contribution in [0, 0.1) is 0 Å². The first-order chi connectivity index (χ1) is 5.83. The Hall–Kier alpha value is -0.120. The molecule has 0 spiro atoms. The van der Waals surface area contributed by atoms with Gasteiger partial charge in [0.2, 0.25) is 0 Å². The molecule has 2 fully saturated rings. The summed E-state index contributed by atoms with van der Waals surface area (Å²) in [5.41, 5.74) is 6.01. The molecule has 2 heterocycles. The largest absolute Gasteiger partial charge is 0.395 e. The minimum Gasteiger partial charge on any atom is -0.395 e. The Labute approximate surface area is 73.5 Å². The van der Waals surface area contributed by atoms with Gasteiger partial charge < -0.3 is 10.8 Å². The normalized spacial score (nSPS) is 42.0. The maximum absolute atomic E-state index is 8.89. The Morgan fingerprint density at radius 3 is 2.75 bits per heavy atom. The van der Waals surface area contributed by atoms with Crippen LogP contribution in [0.25, 0.3) is 0 Å². The average molecular weight is 170 g/mol. The van der Waals surface area contributed by atoms with Gasteiger partial charge in [0, 0.05) is 24.7 Å². The summed E-state index contributed by atoms with van der Waals surface area (Å²) < 4.78 is 0. The molecule has 0 unspecified atom stereocenters. The van der Waals surface area contributed by atoms with Gasteiger partial charge in [-0.1, -0.05) is 0 Å². The summed E-state index contributed by atoms with van der Waals surface area (Å²) in [7, 11) is 0. The van der Waals surface area contributed by atoms with Gasteiger partial charge in [0.1, 0.15) is 0 Å². The summed E-state index contributed by atoms with van der Waals surface area (Å²) in [4.78, 5) is 2.41. The number of hydrogen-bond acceptors (Lipinski definition) is 3. The first kappa shape index (κ1) is 8.48. The molecular formula is C9H18N2O. The number of hydrogen-bond donors (Lipinski definition) is 2. The summed E-state index contributed by atoms with van der Waals surface area (Å²) in [5, 5.41) is 8.89. The minimum absolute atomic E-state index is 0.278. The van der Waals surface area contributed by atoms with Crippen molar-refractivity contribution < 1.29 is 5.11 Å². The van der Waals surface area contributed by atoms with Crippen molar-refractivity contribution in [1.29, 1.82) is 0 Å². The smallest absolute Gasteiger partial charge is 0.0558 e. The van der Waals surface area contributed by atoms with Crippen LogP contribution < -0.4 is 5.73 Å². The topological polar surface area (TPSA) is 49.5 Å². The van der Waals surface area contributed by atoms with Gasteiger partial charge in [-0.2, -0.15) is 0 Å². The zero-order chi connectivity index (χ0) is 8.55. The minimum atomic E-state index is 0.278. The van der Waals surface area contributed by atoms with E-state index in [1.165, 1.54) is 25.7 Å². The van der Waals surface area contributed by atoms with Crippen LogP contribution in [0.5, 0.6) is 0 Å². The van der Waals surface area contributed by atoms with Gasteiger partial charge in [0.25, 0.3) is 0 Å². The van der Waals surface area contributed by atoms with Gasteiger partial charge in [0.15, 0.2) is 0 Å². The number of fused-ring (bicyclic) bond motifs is 2. The molecule has 3 heteroatoms. The second kappa shape index (κ2) is 3.32. The number of aliphatic hydroxyl groups is 1. The Bertz CT molecular complexity index is 163. The van der Waals surface area contributed by atoms with Crippen molar-refractivity contribution in [3.05, 3.63) is 0 Å². The van der Waals surface area contributed by atoms with Crippen molar-refractivity contribution in [3.8, 4) is 0 Å². The maximum atomic E-state index is 8.89. The first-order valence-electron chi connectivity index (χ1n) is 4.95. The van der Waals surface area contributed by atoms with Crippen LogP contribution in [0.1, 0.15) is 25.7 Å². The lowest BCUT2D eigenvalue weighted by Crippen LogP contribution is -2.51. The lowest BCUT2D eigenvalue weighted by Gasteiger charge is -2.38. The molecule has 0 amide bonds. The molecule has 2 aliphatic heterocycles. The lowest BCUT2D eigenvalue weighted by molar-refractivity contribution is 0.0972. The van der Waals surface area contributed by atoms with Crippen LogP contribution in [0.4, 0.5) is 0 Å². The van der Waals surface area contributed by atoms with E-state index in [1.54, 1.807) is 0 Å². The van der Waals surface area contributed by atoms with Gasteiger partial charge in [-0.25, -0.2) is 0 Å². The molecule has 2 saturated heterocycles. The molecule has 0 aromatic carbocycles. The molecule has 70 valence electrons. The van der Waals surface area contributed by atoms with E-state index < -0.39 is 0 Å². The van der Waals surface area contributed by atoms with Crippen molar-refractivity contribution in [1.82, 2.24) is 4.90 Å². The number of aliphatic hydroxyl groups excluding tert-OH is 1. The molecule has 3 N–H and O–H groups in total. The van der Waals surface area contributed by atoms with Crippen LogP contribution in [0.2, 0.25) is 0 Å². The number of rotatable bonds is 2. The Balaban J connectivity index is 2.03. The predicted octanol–water partition coefficient (Wildman–Crippen LogP) is -0.0672. The molecule has 0 radical (unpaired) electrons. The van der Waals surface area contributed by atoms with E-state index in [0.29, 0.717) is 12.1 Å². The Morgan fingerprint density at radius 2 is 2.00 bits per heavy atom. The number of nitrogens with two attached hydrogens (primary N) is 1. The van der Waals surface area contributed by atoms with E-state index in [9.17, 15) is 0 Å². The fraction of sp³-hybridized carbons (Fsp3) is 1.00. The van der Waals surface area contributed by atoms with Crippen LogP contribution in [-0.2, 0) is 0 Å². The standard InChI is InChI=1S/C9H18N2O/c10-8-3-1-7-2-4-9(8)11(7)5-6-12/h7-9,12H,1-6,10H2/t7-,8-,9-/m1/s1. The maximum Gasteiger partial charge on any atom is 0.0558 e. The van der Waals surface area contributed by atoms with Gasteiger partial charge >= 0.3 is 0 Å². The van der Waals surface area contributed by atoms with Gasteiger partial charge in [-0.15, -0.1) is 0 Å². The van der Waals surface area contributed by atoms with E-state index >= 15 is 0 Å². The third-order valence-corrected chi connectivity index (χ3v) is 3.38. The molecule has 0 saturated carbocycles. The molecule has 3 atom stereocenters. The second-order valence-electron chi connectivity index (χ2n) is 4.00. The molecule has 2 bridgehead atoms. The molecule has 3 nitrogen and oxygen atoms in total. The Morgan fingerprint density at radius 1 is 1.25 bits per heavy atom. The highest BCUT2D eigenvalue weighted by atomic mass is 16.3. The predicted molar refractivity (Wildman–Crippen MR) is 47.8 cm³/mol. The highest BCUT2D eigenvalue weighted by Gasteiger charge is 2.39. The highest BCUT2D eigenvalue weighted by Crippen LogP contribution is 2.34. The third-order valence-electron chi connectivity index (χ3n) is 3.38. The summed E-state index contributed by atoms with van der Waals surface area (Å²) in [6.07, 6.45) is 4.94. The lowest BCUT2D eigenvalue weighted by atomic mass is 9.98. The molecule has 0 aromatic rings. The van der Waals surface area contributed by atoms with Crippen LogP contribution in [-0.4, -0.2) is 41.3 Å². The fourth-order valence-electron chi connectivity index (χ4n) is 2.78. The van der Waals surface area contributed by atoms with Crippen molar-refractivity contribution in [3.63, 3.8) is 0 Å². The third kappa shape index (κ3) is 1.26. The van der Waals surface area contributed by atoms with E-state index in [1.807, 2.05) is 0 Å². The molecular weight excluding hydrogens is 152 g/mol. The molecule has 0 aromatic heterocycles. The van der Waals surface area contributed by atoms with Gasteiger partial charge in [-0.05, 0) is 25.7 Å². The zero-order valence-corrected chi connectivity index (χ0v) is 7.45. The molecule has 2 rings (SSSR count). The average Bonchev–Trinajstić information content (AvgIpc) is 2.35. The summed E-state index contributed by atoms with van der Waals surface area (Å²) >= 11 is 0. The van der Waals surface area contributed by atoms with E-state index in [0.717, 1.165) is 12.6 Å². The van der Waals surface area contributed by atoms with Gasteiger partial charge in [0.05, 0.1) is 6.61 Å². The summed E-state index contributed by atoms with van der Waals surface area (Å²) in [6, 6.07) is 1.65. The van der Waals surface area contributed by atoms with Crippen LogP contribution in [0.3, 0.4) is 0 Å². The van der Waals surface area contributed by atoms with Gasteiger partial charge in [-0.3, -0.25) is 4.90 Å². The second-order valence-corrected chi connectivity index (χ2v) is 4.00. The number of piperidine rings is 1. The molecule has 2 aliphatic rings. The van der Waals surface area contributed by atoms with Crippen LogP contribution in [0.15, 0.2) is 0 Å². The van der Waals surface area contributed by atoms with E-state index in [2.05, 4.69) is 4.90 Å². The van der Waals surface area contributed by atoms with E-state index in [4.69, 9.17) is 10.8 Å². The van der Waals surface area contributed by atoms with Crippen molar-refractivity contribution in [2.24, 2.45) is 5.73 Å². The van der Waals surface area contributed by atoms with Crippen LogP contribution >= 0.6 is 0 Å². The Kier molecular flexibility index (Phi) is 2.35. The van der Waals surface area contributed by atoms with Crippen molar-refractivity contribution >= 4 is 0 Å². The summed E-state index contributed by atoms with van der Waals surface area (Å²) in [6.45, 7) is 1.10. The fourth-order valence-corrected chi connectivity index (χ4v) is 2.78. The number of nitrogens with zero attached hydrogens (tertiary/aromatic N) is 1. The quantitative estimate of drug-likeness (QED) is 0.610. The van der Waals surface area contributed by atoms with Crippen molar-refractivity contribution in [2.75, 3.05) is 13.2 Å². The van der Waals surface area contributed by atoms with Crippen molar-refractivity contribution in [2.45, 2.75) is 43.8 Å². The van der Waals surface area contributed by atoms with E-state index in [-0.39, 0.29) is 6.61 Å². The SMILES string of the molecule is N[C@@H]1CC[C@@H]2CC[C@H]1N2CCO. The molecule has 12 heavy (non-hydrogen) atoms. The first-order valence-corrected chi connectivity index (χ1v) is 4.95.